The summed E-state index contributed by atoms with van der Waals surface area (Å²) in [5, 5.41) is 3.44. The second kappa shape index (κ2) is 9.76. The number of benzene rings is 3. The molecule has 7 nitrogen and oxygen atoms in total. The van der Waals surface area contributed by atoms with Crippen LogP contribution in [0.5, 0.6) is 23.0 Å². The molecule has 2 amide bonds. The maximum Gasteiger partial charge on any atom is 0.266 e. The van der Waals surface area contributed by atoms with E-state index in [4.69, 9.17) is 14.2 Å². The molecule has 2 aliphatic rings. The molecule has 180 valence electrons. The molecule has 3 aromatic carbocycles. The molecule has 0 aliphatic carbocycles. The third kappa shape index (κ3) is 4.70. The molecule has 1 saturated heterocycles. The van der Waals surface area contributed by atoms with Crippen LogP contribution < -0.4 is 24.4 Å². The van der Waals surface area contributed by atoms with Gasteiger partial charge >= 0.3 is 0 Å². The lowest BCUT2D eigenvalue weighted by atomic mass is 10.1. The van der Waals surface area contributed by atoms with Crippen molar-refractivity contribution in [2.24, 2.45) is 0 Å². The lowest BCUT2D eigenvalue weighted by Crippen LogP contribution is -2.29. The van der Waals surface area contributed by atoms with Gasteiger partial charge in [0.25, 0.3) is 11.8 Å². The molecule has 3 aromatic rings. The summed E-state index contributed by atoms with van der Waals surface area (Å²) in [6, 6.07) is 15.8. The highest BCUT2D eigenvalue weighted by atomic mass is 19.1. The van der Waals surface area contributed by atoms with Gasteiger partial charge in [-0.15, -0.1) is 0 Å². The number of halogens is 1. The van der Waals surface area contributed by atoms with Gasteiger partial charge in [0.05, 0.1) is 30.5 Å². The van der Waals surface area contributed by atoms with Crippen LogP contribution in [0.4, 0.5) is 10.1 Å². The zero-order valence-electron chi connectivity index (χ0n) is 19.3. The Morgan fingerprint density at radius 2 is 1.80 bits per heavy atom. The molecule has 1 atom stereocenters. The molecule has 0 aromatic heterocycles. The van der Waals surface area contributed by atoms with E-state index in [1.807, 2.05) is 0 Å². The summed E-state index contributed by atoms with van der Waals surface area (Å²) in [4.78, 5) is 27.3. The number of carbonyl (C=O) groups is 2. The third-order valence-electron chi connectivity index (χ3n) is 6.18. The Labute approximate surface area is 202 Å². The maximum atomic E-state index is 13.5. The van der Waals surface area contributed by atoms with Crippen molar-refractivity contribution < 1.29 is 28.2 Å². The minimum absolute atomic E-state index is 0.215. The summed E-state index contributed by atoms with van der Waals surface area (Å²) < 4.78 is 30.5. The van der Waals surface area contributed by atoms with E-state index in [-0.39, 0.29) is 11.1 Å². The van der Waals surface area contributed by atoms with Crippen molar-refractivity contribution in [1.29, 1.82) is 0 Å². The van der Waals surface area contributed by atoms with E-state index in [1.54, 1.807) is 30.3 Å². The van der Waals surface area contributed by atoms with Crippen LogP contribution in [-0.4, -0.2) is 38.1 Å². The summed E-state index contributed by atoms with van der Waals surface area (Å²) in [6.45, 7) is 1.58. The van der Waals surface area contributed by atoms with Crippen molar-refractivity contribution in [2.75, 3.05) is 25.2 Å². The largest absolute Gasteiger partial charge is 0.493 e. The number of rotatable bonds is 8. The lowest BCUT2D eigenvalue weighted by Gasteiger charge is -2.18. The fourth-order valence-electron chi connectivity index (χ4n) is 4.41. The topological polar surface area (TPSA) is 77.1 Å². The third-order valence-corrected chi connectivity index (χ3v) is 6.18. The van der Waals surface area contributed by atoms with Crippen molar-refractivity contribution in [2.45, 2.75) is 25.3 Å². The Bertz CT molecular complexity index is 1270. The number of nitrogens with zero attached hydrogens (tertiary/aromatic N) is 1. The molecule has 0 radical (unpaired) electrons. The molecular weight excluding hydrogens is 451 g/mol. The highest BCUT2D eigenvalue weighted by Crippen LogP contribution is 2.37. The number of nitrogens with one attached hydrogen (secondary N) is 1. The number of hydrogen-bond donors (Lipinski definition) is 1. The van der Waals surface area contributed by atoms with E-state index < -0.39 is 17.6 Å². The normalized spacial score (nSPS) is 17.0. The summed E-state index contributed by atoms with van der Waals surface area (Å²) in [5.41, 5.74) is 0.864. The molecule has 2 heterocycles. The number of anilines is 1. The first-order chi connectivity index (χ1) is 17.0. The summed E-state index contributed by atoms with van der Waals surface area (Å²) in [7, 11) is 1.52. The van der Waals surface area contributed by atoms with Gasteiger partial charge in [0.2, 0.25) is 0 Å². The Hall–Kier alpha value is -3.91. The molecule has 1 fully saturated rings. The van der Waals surface area contributed by atoms with E-state index in [2.05, 4.69) is 5.32 Å². The molecular formula is C27H25FN2O5. The highest BCUT2D eigenvalue weighted by Gasteiger charge is 2.37. The molecule has 2 aliphatic heterocycles. The zero-order chi connectivity index (χ0) is 24.4. The lowest BCUT2D eigenvalue weighted by molar-refractivity contribution is 0.0926. The molecule has 1 unspecified atom stereocenters. The Morgan fingerprint density at radius 1 is 0.971 bits per heavy atom. The van der Waals surface area contributed by atoms with E-state index in [9.17, 15) is 14.0 Å². The predicted molar refractivity (Wildman–Crippen MR) is 128 cm³/mol. The Kier molecular flexibility index (Phi) is 6.37. The van der Waals surface area contributed by atoms with Crippen LogP contribution in [0.25, 0.3) is 0 Å². The zero-order valence-corrected chi connectivity index (χ0v) is 19.3. The van der Waals surface area contributed by atoms with Crippen LogP contribution in [0.2, 0.25) is 0 Å². The number of amides is 2. The molecule has 35 heavy (non-hydrogen) atoms. The monoisotopic (exact) mass is 476 g/mol. The summed E-state index contributed by atoms with van der Waals surface area (Å²) >= 11 is 0. The van der Waals surface area contributed by atoms with Crippen molar-refractivity contribution in [3.8, 4) is 23.0 Å². The number of fused-ring (bicyclic) bond motifs is 1. The quantitative estimate of drug-likeness (QED) is 0.464. The fraction of sp³-hybridized carbons (Fsp3) is 0.259. The van der Waals surface area contributed by atoms with Gasteiger partial charge in [0, 0.05) is 18.2 Å². The molecule has 0 bridgehead atoms. The first kappa shape index (κ1) is 22.9. The van der Waals surface area contributed by atoms with Crippen LogP contribution in [0.15, 0.2) is 60.7 Å². The van der Waals surface area contributed by atoms with Gasteiger partial charge in [-0.25, -0.2) is 9.29 Å². The first-order valence-corrected chi connectivity index (χ1v) is 11.5. The molecule has 1 N–H and O–H groups in total. The van der Waals surface area contributed by atoms with Crippen molar-refractivity contribution in [3.63, 3.8) is 0 Å². The van der Waals surface area contributed by atoms with Crippen LogP contribution in [-0.2, 0) is 0 Å². The number of ether oxygens (including phenoxy) is 3. The molecule has 0 spiro atoms. The van der Waals surface area contributed by atoms with Crippen LogP contribution in [0.1, 0.15) is 40.0 Å². The van der Waals surface area contributed by atoms with Crippen LogP contribution >= 0.6 is 0 Å². The second-order valence-electron chi connectivity index (χ2n) is 8.48. The number of carbonyl (C=O) groups excluding carboxylic acids is 2. The molecule has 0 saturated carbocycles. The second-order valence-corrected chi connectivity index (χ2v) is 8.48. The Morgan fingerprint density at radius 3 is 2.57 bits per heavy atom. The van der Waals surface area contributed by atoms with E-state index in [0.29, 0.717) is 41.3 Å². The number of methoxy groups -OCH3 is 1. The minimum atomic E-state index is -0.474. The summed E-state index contributed by atoms with van der Waals surface area (Å²) in [6.07, 6.45) is 3.22. The average molecular weight is 477 g/mol. The smallest absolute Gasteiger partial charge is 0.266 e. The Balaban J connectivity index is 1.33. The van der Waals surface area contributed by atoms with Gasteiger partial charge in [-0.05, 0) is 68.3 Å². The van der Waals surface area contributed by atoms with Gasteiger partial charge in [-0.3, -0.25) is 9.59 Å². The van der Waals surface area contributed by atoms with Crippen molar-refractivity contribution >= 4 is 17.5 Å². The average Bonchev–Trinajstić information content (AvgIpc) is 3.46. The van der Waals surface area contributed by atoms with Gasteiger partial charge in [0.15, 0.2) is 11.5 Å². The van der Waals surface area contributed by atoms with Gasteiger partial charge in [-0.1, -0.05) is 6.07 Å². The maximum absolute atomic E-state index is 13.5. The SMILES string of the molecule is COc1cc(N2C(=O)c3ccc(Oc4cccc(F)c4)cc3C2=O)ccc1OCCC1CCCN1. The standard InChI is InChI=1S/C27H25FN2O5/c1-33-25-15-19(7-10-24(25)34-13-11-18-5-3-12-29-18)30-26(31)22-9-8-21(16-23(22)27(30)32)35-20-6-2-4-17(28)14-20/h2,4,6-10,14-16,18,29H,3,5,11-13H2,1H3. The predicted octanol–water partition coefficient (Wildman–Crippen LogP) is 4.95. The van der Waals surface area contributed by atoms with Crippen LogP contribution in [0, 0.1) is 5.82 Å². The van der Waals surface area contributed by atoms with Gasteiger partial charge in [-0.2, -0.15) is 0 Å². The van der Waals surface area contributed by atoms with Crippen molar-refractivity contribution in [1.82, 2.24) is 5.32 Å². The van der Waals surface area contributed by atoms with Gasteiger partial charge in [0.1, 0.15) is 17.3 Å². The number of imide groups is 1. The van der Waals surface area contributed by atoms with Crippen LogP contribution in [0.3, 0.4) is 0 Å². The number of hydrogen-bond acceptors (Lipinski definition) is 6. The van der Waals surface area contributed by atoms with E-state index >= 15 is 0 Å². The first-order valence-electron chi connectivity index (χ1n) is 11.5. The molecule has 5 rings (SSSR count). The highest BCUT2D eigenvalue weighted by molar-refractivity contribution is 6.34. The van der Waals surface area contributed by atoms with Gasteiger partial charge < -0.3 is 19.5 Å². The molecule has 8 heteroatoms. The van der Waals surface area contributed by atoms with Crippen molar-refractivity contribution in [3.05, 3.63) is 77.6 Å². The minimum Gasteiger partial charge on any atom is -0.493 e. The summed E-state index contributed by atoms with van der Waals surface area (Å²) in [5.74, 6) is 0.268. The fourth-order valence-corrected chi connectivity index (χ4v) is 4.41. The van der Waals surface area contributed by atoms with E-state index in [1.165, 1.54) is 43.9 Å². The van der Waals surface area contributed by atoms with E-state index in [0.717, 1.165) is 24.3 Å².